The Morgan fingerprint density at radius 3 is 2.72 bits per heavy atom. The van der Waals surface area contributed by atoms with Crippen LogP contribution in [0.3, 0.4) is 0 Å². The number of nitrogen functional groups attached to an aromatic ring is 1. The van der Waals surface area contributed by atoms with Gasteiger partial charge in [0.15, 0.2) is 0 Å². The molecule has 0 aliphatic carbocycles. The molecule has 2 aromatic heterocycles. The van der Waals surface area contributed by atoms with E-state index in [-0.39, 0.29) is 17.8 Å². The second-order valence-corrected chi connectivity index (χ2v) is 7.60. The fraction of sp³-hybridized carbons (Fsp3) is 0.400. The number of rotatable bonds is 2. The number of imidazole rings is 1. The van der Waals surface area contributed by atoms with Gasteiger partial charge in [0.05, 0.1) is 7.11 Å². The van der Waals surface area contributed by atoms with Crippen molar-refractivity contribution >= 4 is 34.4 Å². The topological polar surface area (TPSA) is 112 Å². The number of hydrogen-bond acceptors (Lipinski definition) is 7. The third-order valence-corrected chi connectivity index (χ3v) is 5.94. The van der Waals surface area contributed by atoms with Crippen LogP contribution in [0, 0.1) is 0 Å². The van der Waals surface area contributed by atoms with E-state index in [0.29, 0.717) is 55.0 Å². The number of nitrogens with two attached hydrogens (primary N) is 1. The Kier molecular flexibility index (Phi) is 3.87. The molecule has 0 unspecified atom stereocenters. The number of benzene rings is 1. The van der Waals surface area contributed by atoms with E-state index in [9.17, 15) is 9.59 Å². The van der Waals surface area contributed by atoms with Crippen LogP contribution in [0.2, 0.25) is 0 Å². The molecule has 3 aromatic rings. The van der Waals surface area contributed by atoms with Crippen LogP contribution in [0.25, 0.3) is 16.6 Å². The van der Waals surface area contributed by atoms with E-state index >= 15 is 0 Å². The molecule has 150 valence electrons. The Morgan fingerprint density at radius 1 is 1.24 bits per heavy atom. The van der Waals surface area contributed by atoms with E-state index in [2.05, 4.69) is 9.97 Å². The van der Waals surface area contributed by atoms with Crippen molar-refractivity contribution in [2.24, 2.45) is 0 Å². The SMILES string of the molecule is COc1cccc2c1nc(N)n1cc(C(=O)N3CCC4(CCC(=O)O4)CC3)nc21. The maximum absolute atomic E-state index is 13.1. The summed E-state index contributed by atoms with van der Waals surface area (Å²) in [5, 5.41) is 0.757. The van der Waals surface area contributed by atoms with Crippen LogP contribution in [0.5, 0.6) is 5.75 Å². The molecule has 2 aliphatic rings. The number of carbonyl (C=O) groups excluding carboxylic acids is 2. The molecule has 0 radical (unpaired) electrons. The summed E-state index contributed by atoms with van der Waals surface area (Å²) in [6, 6.07) is 5.53. The molecule has 2 aliphatic heterocycles. The summed E-state index contributed by atoms with van der Waals surface area (Å²) in [5.41, 5.74) is 7.20. The number of para-hydroxylation sites is 1. The highest BCUT2D eigenvalue weighted by atomic mass is 16.6. The largest absolute Gasteiger partial charge is 0.494 e. The van der Waals surface area contributed by atoms with Crippen LogP contribution >= 0.6 is 0 Å². The lowest BCUT2D eigenvalue weighted by Crippen LogP contribution is -2.46. The fourth-order valence-corrected chi connectivity index (χ4v) is 4.30. The first-order valence-electron chi connectivity index (χ1n) is 9.62. The molecule has 1 aromatic carbocycles. The van der Waals surface area contributed by atoms with Gasteiger partial charge in [-0.15, -0.1) is 0 Å². The molecule has 0 saturated carbocycles. The summed E-state index contributed by atoms with van der Waals surface area (Å²) in [7, 11) is 1.57. The molecule has 1 spiro atoms. The highest BCUT2D eigenvalue weighted by molar-refractivity contribution is 5.99. The number of anilines is 1. The van der Waals surface area contributed by atoms with Gasteiger partial charge in [-0.25, -0.2) is 9.97 Å². The highest BCUT2D eigenvalue weighted by Crippen LogP contribution is 2.36. The Balaban J connectivity index is 1.46. The number of carbonyl (C=O) groups is 2. The zero-order valence-corrected chi connectivity index (χ0v) is 16.1. The minimum absolute atomic E-state index is 0.143. The van der Waals surface area contributed by atoms with E-state index in [1.807, 2.05) is 12.1 Å². The van der Waals surface area contributed by atoms with Gasteiger partial charge in [0, 0.05) is 43.9 Å². The van der Waals surface area contributed by atoms with Crippen LogP contribution < -0.4 is 10.5 Å². The molecule has 9 nitrogen and oxygen atoms in total. The normalized spacial score (nSPS) is 18.5. The van der Waals surface area contributed by atoms with Gasteiger partial charge in [0.2, 0.25) is 5.95 Å². The summed E-state index contributed by atoms with van der Waals surface area (Å²) in [5.74, 6) is 0.526. The third kappa shape index (κ3) is 2.76. The lowest BCUT2D eigenvalue weighted by molar-refractivity contribution is -0.151. The smallest absolute Gasteiger partial charge is 0.306 e. The maximum Gasteiger partial charge on any atom is 0.306 e. The van der Waals surface area contributed by atoms with Crippen molar-refractivity contribution in [2.75, 3.05) is 25.9 Å². The van der Waals surface area contributed by atoms with Crippen LogP contribution in [-0.4, -0.2) is 56.9 Å². The van der Waals surface area contributed by atoms with Gasteiger partial charge in [-0.1, -0.05) is 6.07 Å². The van der Waals surface area contributed by atoms with Gasteiger partial charge < -0.3 is 20.1 Å². The lowest BCUT2D eigenvalue weighted by atomic mass is 9.88. The molecular weight excluding hydrogens is 374 g/mol. The molecule has 2 N–H and O–H groups in total. The number of ether oxygens (including phenoxy) is 2. The number of methoxy groups -OCH3 is 1. The van der Waals surface area contributed by atoms with Crippen molar-refractivity contribution in [1.82, 2.24) is 19.3 Å². The monoisotopic (exact) mass is 395 g/mol. The summed E-state index contributed by atoms with van der Waals surface area (Å²) in [4.78, 5) is 35.3. The van der Waals surface area contributed by atoms with Crippen molar-refractivity contribution in [3.05, 3.63) is 30.1 Å². The Bertz CT molecular complexity index is 1150. The predicted octanol–water partition coefficient (Wildman–Crippen LogP) is 1.79. The molecular formula is C20H21N5O4. The van der Waals surface area contributed by atoms with E-state index < -0.39 is 5.60 Å². The van der Waals surface area contributed by atoms with E-state index in [4.69, 9.17) is 15.2 Å². The number of esters is 1. The molecule has 5 rings (SSSR count). The van der Waals surface area contributed by atoms with Crippen molar-refractivity contribution in [3.63, 3.8) is 0 Å². The zero-order chi connectivity index (χ0) is 20.2. The number of piperidine rings is 1. The summed E-state index contributed by atoms with van der Waals surface area (Å²) in [6.07, 6.45) is 4.13. The Morgan fingerprint density at radius 2 is 2.03 bits per heavy atom. The van der Waals surface area contributed by atoms with Gasteiger partial charge in [-0.2, -0.15) is 0 Å². The van der Waals surface area contributed by atoms with Gasteiger partial charge in [-0.3, -0.25) is 14.0 Å². The first-order valence-corrected chi connectivity index (χ1v) is 9.62. The van der Waals surface area contributed by atoms with Gasteiger partial charge in [0.25, 0.3) is 5.91 Å². The Labute approximate surface area is 166 Å². The Hall–Kier alpha value is -3.36. The number of hydrogen-bond donors (Lipinski definition) is 1. The van der Waals surface area contributed by atoms with E-state index in [1.54, 1.807) is 28.7 Å². The van der Waals surface area contributed by atoms with Gasteiger partial charge in [-0.05, 0) is 18.6 Å². The highest BCUT2D eigenvalue weighted by Gasteiger charge is 2.43. The number of nitrogens with zero attached hydrogens (tertiary/aromatic N) is 4. The first-order chi connectivity index (χ1) is 14.0. The maximum atomic E-state index is 13.1. The third-order valence-electron chi connectivity index (χ3n) is 5.94. The van der Waals surface area contributed by atoms with Crippen molar-refractivity contribution in [2.45, 2.75) is 31.3 Å². The standard InChI is InChI=1S/C20H21N5O4/c1-28-14-4-2-3-12-16(14)23-19(21)25-11-13(22-17(12)25)18(27)24-9-7-20(8-10-24)6-5-15(26)29-20/h2-4,11H,5-10H2,1H3,(H2,21,23). The molecule has 1 amide bonds. The lowest BCUT2D eigenvalue weighted by Gasteiger charge is -2.37. The van der Waals surface area contributed by atoms with E-state index in [1.165, 1.54) is 0 Å². The predicted molar refractivity (Wildman–Crippen MR) is 105 cm³/mol. The van der Waals surface area contributed by atoms with Gasteiger partial charge >= 0.3 is 5.97 Å². The second-order valence-electron chi connectivity index (χ2n) is 7.60. The average Bonchev–Trinajstić information content (AvgIpc) is 3.33. The van der Waals surface area contributed by atoms with Gasteiger partial charge in [0.1, 0.15) is 28.2 Å². The number of likely N-dealkylation sites (tertiary alicyclic amines) is 1. The fourth-order valence-electron chi connectivity index (χ4n) is 4.30. The van der Waals surface area contributed by atoms with Crippen LogP contribution in [0.15, 0.2) is 24.4 Å². The minimum Gasteiger partial charge on any atom is -0.494 e. The summed E-state index contributed by atoms with van der Waals surface area (Å²) in [6.45, 7) is 1.06. The molecule has 2 fully saturated rings. The average molecular weight is 395 g/mol. The van der Waals surface area contributed by atoms with Crippen molar-refractivity contribution in [1.29, 1.82) is 0 Å². The number of fused-ring (bicyclic) bond motifs is 3. The zero-order valence-electron chi connectivity index (χ0n) is 16.1. The van der Waals surface area contributed by atoms with Crippen LogP contribution in [0.1, 0.15) is 36.2 Å². The molecule has 29 heavy (non-hydrogen) atoms. The minimum atomic E-state index is -0.395. The summed E-state index contributed by atoms with van der Waals surface area (Å²) >= 11 is 0. The molecule has 0 atom stereocenters. The van der Waals surface area contributed by atoms with Crippen molar-refractivity contribution < 1.29 is 19.1 Å². The van der Waals surface area contributed by atoms with Crippen LogP contribution in [0.4, 0.5) is 5.95 Å². The molecule has 4 heterocycles. The van der Waals surface area contributed by atoms with Crippen LogP contribution in [-0.2, 0) is 9.53 Å². The quantitative estimate of drug-likeness (QED) is 0.658. The molecule has 0 bridgehead atoms. The van der Waals surface area contributed by atoms with E-state index in [0.717, 1.165) is 11.8 Å². The first kappa shape index (κ1) is 17.7. The molecule has 9 heteroatoms. The number of amides is 1. The summed E-state index contributed by atoms with van der Waals surface area (Å²) < 4.78 is 12.5. The second kappa shape index (κ2) is 6.33. The molecule has 2 saturated heterocycles. The number of aromatic nitrogens is 3. The van der Waals surface area contributed by atoms with Crippen molar-refractivity contribution in [3.8, 4) is 5.75 Å².